The number of aliphatic hydroxyl groups is 2. The normalized spacial score (nSPS) is 32.7. The molecule has 1 aliphatic carbocycles. The zero-order chi connectivity index (χ0) is 15.6. The molecule has 7 heteroatoms. The van der Waals surface area contributed by atoms with Gasteiger partial charge in [-0.05, 0) is 38.0 Å². The molecule has 0 bridgehead atoms. The van der Waals surface area contributed by atoms with E-state index < -0.39 is 24.0 Å². The first-order valence-electron chi connectivity index (χ1n) is 7.51. The molecule has 0 spiro atoms. The molecule has 2 amide bonds. The second-order valence-corrected chi connectivity index (χ2v) is 6.67. The molecule has 2 unspecified atom stereocenters. The number of rotatable bonds is 4. The Hall–Kier alpha value is -0.850. The number of nitrogens with two attached hydrogens (primary N) is 1. The van der Waals surface area contributed by atoms with Gasteiger partial charge in [0.1, 0.15) is 0 Å². The third-order valence-corrected chi connectivity index (χ3v) is 5.02. The van der Waals surface area contributed by atoms with E-state index in [4.69, 9.17) is 17.3 Å². The van der Waals surface area contributed by atoms with Gasteiger partial charge >= 0.3 is 0 Å². The molecule has 0 aromatic carbocycles. The molecule has 4 N–H and O–H groups in total. The molecule has 1 heterocycles. The van der Waals surface area contributed by atoms with Gasteiger partial charge in [0.25, 0.3) is 5.91 Å². The summed E-state index contributed by atoms with van der Waals surface area (Å²) in [6.07, 6.45) is 2.03. The quantitative estimate of drug-likeness (QED) is 0.634. The lowest BCUT2D eigenvalue weighted by Gasteiger charge is -2.36. The first kappa shape index (κ1) is 16.5. The monoisotopic (exact) mass is 318 g/mol. The molecule has 5 atom stereocenters. The molecule has 1 saturated carbocycles. The minimum atomic E-state index is -1.86. The first-order valence-corrected chi connectivity index (χ1v) is 7.95. The molecule has 120 valence electrons. The lowest BCUT2D eigenvalue weighted by atomic mass is 9.82. The van der Waals surface area contributed by atoms with Crippen molar-refractivity contribution in [1.29, 1.82) is 0 Å². The molecule has 21 heavy (non-hydrogen) atoms. The summed E-state index contributed by atoms with van der Waals surface area (Å²) >= 11 is 6.22. The SMILES string of the molecule is NC(=O)[C@H](O)[C@@H](O)C(=O)N1CCC[C@@H]1C1CCCC(Cl)C1. The molecular weight excluding hydrogens is 296 g/mol. The third kappa shape index (κ3) is 3.67. The average molecular weight is 319 g/mol. The van der Waals surface area contributed by atoms with E-state index in [1.165, 1.54) is 0 Å². The van der Waals surface area contributed by atoms with Crippen LogP contribution in [0.1, 0.15) is 38.5 Å². The molecule has 2 fully saturated rings. The molecule has 1 aliphatic heterocycles. The van der Waals surface area contributed by atoms with Gasteiger partial charge in [0.15, 0.2) is 12.2 Å². The summed E-state index contributed by atoms with van der Waals surface area (Å²) in [6.45, 7) is 0.537. The summed E-state index contributed by atoms with van der Waals surface area (Å²) in [6, 6.07) is 0.0359. The number of carbonyl (C=O) groups is 2. The summed E-state index contributed by atoms with van der Waals surface area (Å²) in [5.41, 5.74) is 4.93. The zero-order valence-corrected chi connectivity index (χ0v) is 12.7. The molecule has 2 rings (SSSR count). The van der Waals surface area contributed by atoms with E-state index in [2.05, 4.69) is 0 Å². The van der Waals surface area contributed by atoms with Crippen LogP contribution < -0.4 is 5.73 Å². The van der Waals surface area contributed by atoms with E-state index in [1.54, 1.807) is 4.90 Å². The molecular formula is C14H23ClN2O4. The van der Waals surface area contributed by atoms with Crippen LogP contribution in [0, 0.1) is 5.92 Å². The van der Waals surface area contributed by atoms with Crippen LogP contribution in [0.3, 0.4) is 0 Å². The van der Waals surface area contributed by atoms with Crippen molar-refractivity contribution in [3.63, 3.8) is 0 Å². The molecule has 0 aromatic rings. The number of alkyl halides is 1. The van der Waals surface area contributed by atoms with Crippen molar-refractivity contribution in [3.05, 3.63) is 0 Å². The third-order valence-electron chi connectivity index (χ3n) is 4.62. The van der Waals surface area contributed by atoms with Crippen molar-refractivity contribution in [2.24, 2.45) is 11.7 Å². The average Bonchev–Trinajstić information content (AvgIpc) is 2.94. The van der Waals surface area contributed by atoms with Gasteiger partial charge in [0.05, 0.1) is 0 Å². The van der Waals surface area contributed by atoms with E-state index in [9.17, 15) is 19.8 Å². The summed E-state index contributed by atoms with van der Waals surface area (Å²) < 4.78 is 0. The van der Waals surface area contributed by atoms with E-state index in [0.29, 0.717) is 12.5 Å². The van der Waals surface area contributed by atoms with Crippen LogP contribution in [-0.4, -0.2) is 57.1 Å². The maximum atomic E-state index is 12.3. The minimum absolute atomic E-state index is 0.0359. The second kappa shape index (κ2) is 6.94. The van der Waals surface area contributed by atoms with Crippen molar-refractivity contribution in [2.45, 2.75) is 62.2 Å². The number of likely N-dealkylation sites (tertiary alicyclic amines) is 1. The van der Waals surface area contributed by atoms with Crippen LogP contribution in [-0.2, 0) is 9.59 Å². The van der Waals surface area contributed by atoms with Gasteiger partial charge < -0.3 is 20.8 Å². The zero-order valence-electron chi connectivity index (χ0n) is 11.9. The predicted molar refractivity (Wildman–Crippen MR) is 77.5 cm³/mol. The van der Waals surface area contributed by atoms with Gasteiger partial charge in [-0.1, -0.05) is 6.42 Å². The van der Waals surface area contributed by atoms with Gasteiger partial charge in [0.2, 0.25) is 5.91 Å². The summed E-state index contributed by atoms with van der Waals surface area (Å²) in [5.74, 6) is -1.38. The fraction of sp³-hybridized carbons (Fsp3) is 0.857. The maximum Gasteiger partial charge on any atom is 0.254 e. The maximum absolute atomic E-state index is 12.3. The van der Waals surface area contributed by atoms with Crippen molar-refractivity contribution >= 4 is 23.4 Å². The fourth-order valence-corrected chi connectivity index (χ4v) is 3.92. The fourth-order valence-electron chi connectivity index (χ4n) is 3.53. The van der Waals surface area contributed by atoms with Crippen LogP contribution in [0.25, 0.3) is 0 Å². The Morgan fingerprint density at radius 3 is 2.48 bits per heavy atom. The summed E-state index contributed by atoms with van der Waals surface area (Å²) in [4.78, 5) is 24.8. The Balaban J connectivity index is 2.03. The summed E-state index contributed by atoms with van der Waals surface area (Å²) in [7, 11) is 0. The Labute approximate surface area is 129 Å². The molecule has 0 aromatic heterocycles. The molecule has 6 nitrogen and oxygen atoms in total. The topological polar surface area (TPSA) is 104 Å². The smallest absolute Gasteiger partial charge is 0.254 e. The Bertz CT molecular complexity index is 406. The van der Waals surface area contributed by atoms with Crippen LogP contribution in [0.15, 0.2) is 0 Å². The van der Waals surface area contributed by atoms with Crippen molar-refractivity contribution in [3.8, 4) is 0 Å². The van der Waals surface area contributed by atoms with Gasteiger partial charge in [0, 0.05) is 18.0 Å². The lowest BCUT2D eigenvalue weighted by Crippen LogP contribution is -2.52. The Morgan fingerprint density at radius 2 is 1.86 bits per heavy atom. The number of halogens is 1. The van der Waals surface area contributed by atoms with E-state index in [1.807, 2.05) is 0 Å². The first-order chi connectivity index (χ1) is 9.91. The summed E-state index contributed by atoms with van der Waals surface area (Å²) in [5, 5.41) is 19.4. The van der Waals surface area contributed by atoms with Crippen molar-refractivity contribution in [1.82, 2.24) is 4.90 Å². The Morgan fingerprint density at radius 1 is 1.14 bits per heavy atom. The van der Waals surface area contributed by atoms with Gasteiger partial charge in [-0.25, -0.2) is 0 Å². The van der Waals surface area contributed by atoms with Crippen molar-refractivity contribution < 1.29 is 19.8 Å². The van der Waals surface area contributed by atoms with Gasteiger partial charge in [-0.2, -0.15) is 0 Å². The highest BCUT2D eigenvalue weighted by Crippen LogP contribution is 2.36. The number of hydrogen-bond acceptors (Lipinski definition) is 4. The Kier molecular flexibility index (Phi) is 5.46. The second-order valence-electron chi connectivity index (χ2n) is 6.06. The highest BCUT2D eigenvalue weighted by atomic mass is 35.5. The standard InChI is InChI=1S/C14H23ClN2O4/c15-9-4-1-3-8(7-9)10-5-2-6-17(10)14(21)12(19)11(18)13(16)20/h8-12,18-19H,1-7H2,(H2,16,20)/t8?,9?,10-,11-,12-/m1/s1. The molecule has 0 radical (unpaired) electrons. The van der Waals surface area contributed by atoms with Gasteiger partial charge in [-0.15, -0.1) is 11.6 Å². The number of aliphatic hydroxyl groups excluding tert-OH is 2. The van der Waals surface area contributed by atoms with Crippen LogP contribution in [0.5, 0.6) is 0 Å². The number of hydrogen-bond donors (Lipinski definition) is 3. The largest absolute Gasteiger partial charge is 0.380 e. The molecule has 2 aliphatic rings. The highest BCUT2D eigenvalue weighted by molar-refractivity contribution is 6.20. The van der Waals surface area contributed by atoms with Crippen LogP contribution in [0.4, 0.5) is 0 Å². The number of primary amides is 1. The van der Waals surface area contributed by atoms with E-state index in [0.717, 1.165) is 38.5 Å². The predicted octanol–water partition coefficient (Wildman–Crippen LogP) is -0.0179. The van der Waals surface area contributed by atoms with Gasteiger partial charge in [-0.3, -0.25) is 9.59 Å². The highest BCUT2D eigenvalue weighted by Gasteiger charge is 2.41. The van der Waals surface area contributed by atoms with Crippen LogP contribution >= 0.6 is 11.6 Å². The number of carbonyl (C=O) groups excluding carboxylic acids is 2. The van der Waals surface area contributed by atoms with Crippen LogP contribution in [0.2, 0.25) is 0 Å². The van der Waals surface area contributed by atoms with Crippen molar-refractivity contribution in [2.75, 3.05) is 6.54 Å². The minimum Gasteiger partial charge on any atom is -0.380 e. The van der Waals surface area contributed by atoms with E-state index >= 15 is 0 Å². The number of nitrogens with zero attached hydrogens (tertiary/aromatic N) is 1. The number of amides is 2. The lowest BCUT2D eigenvalue weighted by molar-refractivity contribution is -0.153. The van der Waals surface area contributed by atoms with E-state index in [-0.39, 0.29) is 11.4 Å². The molecule has 1 saturated heterocycles.